The van der Waals surface area contributed by atoms with Crippen molar-refractivity contribution in [1.82, 2.24) is 0 Å². The van der Waals surface area contributed by atoms with Gasteiger partial charge in [0.05, 0.1) is 12.3 Å². The Morgan fingerprint density at radius 1 is 1.62 bits per heavy atom. The highest BCUT2D eigenvalue weighted by Crippen LogP contribution is 2.33. The van der Waals surface area contributed by atoms with Crippen LogP contribution in [-0.4, -0.2) is 42.6 Å². The van der Waals surface area contributed by atoms with Gasteiger partial charge in [-0.1, -0.05) is 5.16 Å². The Balaban J connectivity index is 2.87. The summed E-state index contributed by atoms with van der Waals surface area (Å²) in [5.41, 5.74) is 0.199. The molecule has 5 nitrogen and oxygen atoms in total. The molecule has 76 valence electrons. The first kappa shape index (κ1) is 10.5. The molecule has 0 aromatic rings. The third kappa shape index (κ3) is 2.41. The van der Waals surface area contributed by atoms with E-state index in [4.69, 9.17) is 10.3 Å². The summed E-state index contributed by atoms with van der Waals surface area (Å²) in [6.07, 6.45) is 2.71. The van der Waals surface area contributed by atoms with Gasteiger partial charge in [0.2, 0.25) is 0 Å². The smallest absolute Gasteiger partial charge is 0.158 e. The molecule has 0 amide bonds. The van der Waals surface area contributed by atoms with Crippen molar-refractivity contribution in [3.63, 3.8) is 0 Å². The maximum Gasteiger partial charge on any atom is 0.158 e. The van der Waals surface area contributed by atoms with Gasteiger partial charge >= 0.3 is 0 Å². The van der Waals surface area contributed by atoms with Crippen molar-refractivity contribution >= 4 is 15.5 Å². The number of hydrogen-bond acceptors (Lipinski definition) is 5. The van der Waals surface area contributed by atoms with Crippen LogP contribution in [0.25, 0.3) is 0 Å². The molecule has 1 aliphatic carbocycles. The second-order valence-electron chi connectivity index (χ2n) is 3.30. The minimum atomic E-state index is -3.37. The molecule has 1 saturated carbocycles. The van der Waals surface area contributed by atoms with Crippen LogP contribution in [-0.2, 0) is 9.84 Å². The molecule has 0 bridgehead atoms. The second-order valence-corrected chi connectivity index (χ2v) is 5.53. The summed E-state index contributed by atoms with van der Waals surface area (Å²) < 4.78 is 22.3. The third-order valence-corrected chi connectivity index (χ3v) is 3.55. The Kier molecular flexibility index (Phi) is 2.92. The minimum absolute atomic E-state index is 0.0388. The maximum atomic E-state index is 11.1. The second kappa shape index (κ2) is 3.63. The number of hydrogen-bond donors (Lipinski definition) is 2. The molecule has 0 aromatic carbocycles. The van der Waals surface area contributed by atoms with Crippen LogP contribution in [0, 0.1) is 5.92 Å². The molecule has 1 atom stereocenters. The summed E-state index contributed by atoms with van der Waals surface area (Å²) in [6, 6.07) is 0. The molecule has 13 heavy (non-hydrogen) atoms. The van der Waals surface area contributed by atoms with Crippen LogP contribution in [0.5, 0.6) is 0 Å². The van der Waals surface area contributed by atoms with E-state index in [-0.39, 0.29) is 11.6 Å². The lowest BCUT2D eigenvalue weighted by Gasteiger charge is -2.12. The van der Waals surface area contributed by atoms with E-state index >= 15 is 0 Å². The summed E-state index contributed by atoms with van der Waals surface area (Å²) >= 11 is 0. The number of rotatable bonds is 4. The fourth-order valence-electron chi connectivity index (χ4n) is 1.24. The highest BCUT2D eigenvalue weighted by atomic mass is 32.2. The van der Waals surface area contributed by atoms with E-state index in [2.05, 4.69) is 5.16 Å². The predicted octanol–water partition coefficient (Wildman–Crippen LogP) is -0.368. The van der Waals surface area contributed by atoms with Crippen molar-refractivity contribution in [3.8, 4) is 0 Å². The highest BCUT2D eigenvalue weighted by molar-refractivity contribution is 7.92. The molecular formula is C7H13NO4S. The molecule has 1 rings (SSSR count). The van der Waals surface area contributed by atoms with Crippen LogP contribution >= 0.6 is 0 Å². The topological polar surface area (TPSA) is 87.0 Å². The van der Waals surface area contributed by atoms with Crippen LogP contribution < -0.4 is 0 Å². The Bertz CT molecular complexity index is 304. The first-order valence-corrected chi connectivity index (χ1v) is 5.97. The molecule has 2 N–H and O–H groups in total. The zero-order chi connectivity index (χ0) is 10.1. The fourth-order valence-corrected chi connectivity index (χ4v) is 2.19. The van der Waals surface area contributed by atoms with Gasteiger partial charge in [0.1, 0.15) is 5.25 Å². The summed E-state index contributed by atoms with van der Waals surface area (Å²) in [5, 5.41) is 19.4. The average Bonchev–Trinajstić information content (AvgIpc) is 2.79. The number of oxime groups is 1. The lowest BCUT2D eigenvalue weighted by Crippen LogP contribution is -2.34. The molecule has 0 aliphatic heterocycles. The normalized spacial score (nSPS) is 21.5. The maximum absolute atomic E-state index is 11.1. The zero-order valence-corrected chi connectivity index (χ0v) is 8.16. The molecule has 0 heterocycles. The van der Waals surface area contributed by atoms with Crippen molar-refractivity contribution in [2.75, 3.05) is 12.9 Å². The number of sulfone groups is 1. The van der Waals surface area contributed by atoms with E-state index < -0.39 is 21.7 Å². The van der Waals surface area contributed by atoms with Gasteiger partial charge in [0.25, 0.3) is 0 Å². The van der Waals surface area contributed by atoms with Gasteiger partial charge in [-0.2, -0.15) is 0 Å². The first-order valence-electron chi connectivity index (χ1n) is 4.02. The molecule has 0 spiro atoms. The standard InChI is InChI=1S/C7H13NO4S/c1-13(11,12)6(4-9)7(8-10)5-2-3-5/h5-6,9-10H,2-4H2,1H3/b8-7+. The lowest BCUT2D eigenvalue weighted by atomic mass is 10.2. The van der Waals surface area contributed by atoms with E-state index in [1.807, 2.05) is 0 Å². The predicted molar refractivity (Wildman–Crippen MR) is 47.7 cm³/mol. The van der Waals surface area contributed by atoms with Crippen molar-refractivity contribution in [3.05, 3.63) is 0 Å². The number of nitrogens with zero attached hydrogens (tertiary/aromatic N) is 1. The van der Waals surface area contributed by atoms with Crippen LogP contribution in [0.15, 0.2) is 5.16 Å². The molecule has 1 fully saturated rings. The van der Waals surface area contributed by atoms with Crippen molar-refractivity contribution in [1.29, 1.82) is 0 Å². The van der Waals surface area contributed by atoms with Gasteiger partial charge in [-0.15, -0.1) is 0 Å². The highest BCUT2D eigenvalue weighted by Gasteiger charge is 2.37. The first-order chi connectivity index (χ1) is 6.00. The van der Waals surface area contributed by atoms with Crippen LogP contribution in [0.4, 0.5) is 0 Å². The largest absolute Gasteiger partial charge is 0.411 e. The van der Waals surface area contributed by atoms with Gasteiger partial charge in [0, 0.05) is 12.2 Å². The van der Waals surface area contributed by atoms with Crippen LogP contribution in [0.1, 0.15) is 12.8 Å². The quantitative estimate of drug-likeness (QED) is 0.374. The SMILES string of the molecule is CS(=O)(=O)C(CO)/C(=N/O)C1CC1. The average molecular weight is 207 g/mol. The molecule has 0 saturated heterocycles. The molecular weight excluding hydrogens is 194 g/mol. The minimum Gasteiger partial charge on any atom is -0.411 e. The third-order valence-electron chi connectivity index (χ3n) is 2.12. The molecule has 1 unspecified atom stereocenters. The van der Waals surface area contributed by atoms with Gasteiger partial charge < -0.3 is 10.3 Å². The van der Waals surface area contributed by atoms with Crippen LogP contribution in [0.2, 0.25) is 0 Å². The van der Waals surface area contributed by atoms with Crippen LogP contribution in [0.3, 0.4) is 0 Å². The van der Waals surface area contributed by atoms with E-state index in [0.29, 0.717) is 0 Å². The van der Waals surface area contributed by atoms with E-state index in [1.54, 1.807) is 0 Å². The monoisotopic (exact) mass is 207 g/mol. The summed E-state index contributed by atoms with van der Waals surface area (Å²) in [7, 11) is -3.37. The molecule has 1 aliphatic rings. The Morgan fingerprint density at radius 3 is 2.38 bits per heavy atom. The van der Waals surface area contributed by atoms with Crippen molar-refractivity contribution in [2.45, 2.75) is 18.1 Å². The lowest BCUT2D eigenvalue weighted by molar-refractivity contribution is 0.293. The summed E-state index contributed by atoms with van der Waals surface area (Å²) in [6.45, 7) is -0.519. The Morgan fingerprint density at radius 2 is 2.15 bits per heavy atom. The summed E-state index contributed by atoms with van der Waals surface area (Å²) in [5.74, 6) is 0.0388. The molecule has 0 aromatic heterocycles. The van der Waals surface area contributed by atoms with Gasteiger partial charge in [-0.3, -0.25) is 0 Å². The summed E-state index contributed by atoms with van der Waals surface area (Å²) in [4.78, 5) is 0. The van der Waals surface area contributed by atoms with E-state index in [1.165, 1.54) is 0 Å². The van der Waals surface area contributed by atoms with E-state index in [9.17, 15) is 8.42 Å². The molecule has 6 heteroatoms. The van der Waals surface area contributed by atoms with Crippen molar-refractivity contribution < 1.29 is 18.7 Å². The Hall–Kier alpha value is -0.620. The van der Waals surface area contributed by atoms with Crippen molar-refractivity contribution in [2.24, 2.45) is 11.1 Å². The number of aliphatic hydroxyl groups excluding tert-OH is 1. The fraction of sp³-hybridized carbons (Fsp3) is 0.857. The van der Waals surface area contributed by atoms with E-state index in [0.717, 1.165) is 19.1 Å². The molecule has 0 radical (unpaired) electrons. The van der Waals surface area contributed by atoms with Gasteiger partial charge in [-0.25, -0.2) is 8.42 Å². The van der Waals surface area contributed by atoms with Gasteiger partial charge in [-0.05, 0) is 12.8 Å². The number of aliphatic hydroxyl groups is 1. The van der Waals surface area contributed by atoms with Gasteiger partial charge in [0.15, 0.2) is 9.84 Å². The Labute approximate surface area is 77.0 Å². The zero-order valence-electron chi connectivity index (χ0n) is 7.34.